The van der Waals surface area contributed by atoms with Gasteiger partial charge in [0.2, 0.25) is 6.54 Å². The number of carbonyl (C=O) groups excluding carboxylic acids is 2. The van der Waals surface area contributed by atoms with E-state index in [0.29, 0.717) is 50.3 Å². The van der Waals surface area contributed by atoms with Crippen molar-refractivity contribution in [2.24, 2.45) is 0 Å². The average molecular weight is 512 g/mol. The van der Waals surface area contributed by atoms with Gasteiger partial charge in [0, 0.05) is 31.1 Å². The summed E-state index contributed by atoms with van der Waals surface area (Å²) in [6.07, 6.45) is 0.464. The maximum absolute atomic E-state index is 13.4. The average Bonchev–Trinajstić information content (AvgIpc) is 3.03. The van der Waals surface area contributed by atoms with E-state index in [2.05, 4.69) is 0 Å². The summed E-state index contributed by atoms with van der Waals surface area (Å²) in [4.78, 5) is 37.8. The number of halogens is 3. The Morgan fingerprint density at radius 1 is 1.18 bits per heavy atom. The van der Waals surface area contributed by atoms with Crippen LogP contribution in [0.5, 0.6) is 0 Å². The Kier molecular flexibility index (Phi) is 8.00. The van der Waals surface area contributed by atoms with Crippen LogP contribution in [0.3, 0.4) is 0 Å². The predicted molar refractivity (Wildman–Crippen MR) is 129 cm³/mol. The summed E-state index contributed by atoms with van der Waals surface area (Å²) in [5.41, 5.74) is 2.22. The molecule has 10 heteroatoms. The van der Waals surface area contributed by atoms with E-state index in [1.165, 1.54) is 7.11 Å². The van der Waals surface area contributed by atoms with Crippen LogP contribution in [-0.2, 0) is 9.53 Å². The number of allylic oxidation sites excluding steroid dienone is 1. The normalized spacial score (nSPS) is 15.3. The number of nitro groups is 1. The molecule has 1 atom stereocenters. The van der Waals surface area contributed by atoms with Gasteiger partial charge in [0.05, 0.1) is 18.7 Å². The molecule has 2 aromatic rings. The summed E-state index contributed by atoms with van der Waals surface area (Å²) in [5.74, 6) is -1.24. The highest BCUT2D eigenvalue weighted by molar-refractivity contribution is 6.40. The van der Waals surface area contributed by atoms with Crippen LogP contribution >= 0.6 is 34.8 Å². The smallest absolute Gasteiger partial charge is 0.421 e. The summed E-state index contributed by atoms with van der Waals surface area (Å²) in [7, 11) is 1.19. The SMILES string of the molecule is CCC/C(C[C@@H](C[N+](=O)[O-])c1c(Cl)cccc1Cl)=C1/C(=O)N(C(=O)OC)c2ccc(Cl)cc21. The molecular weight excluding hydrogens is 491 g/mol. The van der Waals surface area contributed by atoms with Gasteiger partial charge in [-0.1, -0.05) is 59.8 Å². The van der Waals surface area contributed by atoms with Gasteiger partial charge < -0.3 is 4.74 Å². The second kappa shape index (κ2) is 10.5. The van der Waals surface area contributed by atoms with E-state index in [-0.39, 0.29) is 12.0 Å². The number of ether oxygens (including phenoxy) is 1. The molecule has 1 aliphatic rings. The van der Waals surface area contributed by atoms with Gasteiger partial charge in [0.15, 0.2) is 0 Å². The number of rotatable bonds is 7. The fourth-order valence-electron chi connectivity index (χ4n) is 4.12. The molecule has 0 spiro atoms. The molecule has 7 nitrogen and oxygen atoms in total. The number of nitrogens with zero attached hydrogens (tertiary/aromatic N) is 2. The van der Waals surface area contributed by atoms with Crippen LogP contribution in [0.25, 0.3) is 5.57 Å². The molecule has 0 N–H and O–H groups in total. The maximum Gasteiger partial charge on any atom is 0.421 e. The number of anilines is 1. The topological polar surface area (TPSA) is 89.8 Å². The standard InChI is InChI=1S/C23H21Cl3N2O5/c1-3-5-13(10-14(12-27(31)32)21-17(25)6-4-7-18(21)26)20-16-11-15(24)8-9-19(16)28(22(20)29)23(30)33-2/h4,6-9,11,14H,3,5,10,12H2,1-2H3/b20-13-/t14-/m0/s1. The highest BCUT2D eigenvalue weighted by Gasteiger charge is 2.40. The van der Waals surface area contributed by atoms with Gasteiger partial charge in [0.1, 0.15) is 0 Å². The molecule has 174 valence electrons. The summed E-state index contributed by atoms with van der Waals surface area (Å²) in [5, 5.41) is 12.5. The molecule has 0 saturated heterocycles. The maximum atomic E-state index is 13.4. The molecular formula is C23H21Cl3N2O5. The van der Waals surface area contributed by atoms with Gasteiger partial charge in [-0.3, -0.25) is 14.9 Å². The molecule has 1 aliphatic heterocycles. The first-order valence-corrected chi connectivity index (χ1v) is 11.3. The first kappa shape index (κ1) is 25.0. The van der Waals surface area contributed by atoms with Crippen LogP contribution in [0, 0.1) is 10.1 Å². The minimum absolute atomic E-state index is 0.153. The van der Waals surface area contributed by atoms with E-state index in [9.17, 15) is 19.7 Å². The Hall–Kier alpha value is -2.61. The van der Waals surface area contributed by atoms with E-state index < -0.39 is 29.4 Å². The van der Waals surface area contributed by atoms with E-state index in [1.54, 1.807) is 36.4 Å². The number of fused-ring (bicyclic) bond motifs is 1. The van der Waals surface area contributed by atoms with E-state index in [0.717, 1.165) is 4.90 Å². The zero-order valence-electron chi connectivity index (χ0n) is 17.9. The van der Waals surface area contributed by atoms with Gasteiger partial charge in [-0.15, -0.1) is 0 Å². The molecule has 0 saturated carbocycles. The van der Waals surface area contributed by atoms with E-state index in [1.807, 2.05) is 6.92 Å². The van der Waals surface area contributed by atoms with Crippen molar-refractivity contribution in [1.82, 2.24) is 0 Å². The van der Waals surface area contributed by atoms with Crippen molar-refractivity contribution < 1.29 is 19.2 Å². The lowest BCUT2D eigenvalue weighted by molar-refractivity contribution is -0.483. The third-order valence-corrected chi connectivity index (χ3v) is 6.31. The van der Waals surface area contributed by atoms with E-state index in [4.69, 9.17) is 39.5 Å². The van der Waals surface area contributed by atoms with Gasteiger partial charge in [0.25, 0.3) is 5.91 Å². The fraction of sp³-hybridized carbons (Fsp3) is 0.304. The molecule has 3 rings (SSSR count). The van der Waals surface area contributed by atoms with Crippen molar-refractivity contribution in [2.75, 3.05) is 18.6 Å². The van der Waals surface area contributed by atoms with Gasteiger partial charge in [-0.05, 0) is 48.7 Å². The number of amides is 2. The zero-order chi connectivity index (χ0) is 24.3. The number of imide groups is 1. The lowest BCUT2D eigenvalue weighted by Crippen LogP contribution is -2.33. The lowest BCUT2D eigenvalue weighted by atomic mass is 9.86. The molecule has 0 fully saturated rings. The number of hydrogen-bond donors (Lipinski definition) is 0. The Balaban J connectivity index is 2.20. The van der Waals surface area contributed by atoms with Crippen LogP contribution in [0.4, 0.5) is 10.5 Å². The molecule has 2 aromatic carbocycles. The summed E-state index contributed by atoms with van der Waals surface area (Å²) < 4.78 is 4.80. The number of benzene rings is 2. The van der Waals surface area contributed by atoms with Crippen LogP contribution in [0.15, 0.2) is 42.0 Å². The van der Waals surface area contributed by atoms with E-state index >= 15 is 0 Å². The first-order valence-electron chi connectivity index (χ1n) is 10.2. The highest BCUT2D eigenvalue weighted by atomic mass is 35.5. The second-order valence-corrected chi connectivity index (χ2v) is 8.80. The Morgan fingerprint density at radius 2 is 1.85 bits per heavy atom. The van der Waals surface area contributed by atoms with Gasteiger partial charge in [-0.25, -0.2) is 9.69 Å². The Morgan fingerprint density at radius 3 is 2.42 bits per heavy atom. The Bertz CT molecular complexity index is 1130. The minimum atomic E-state index is -0.828. The minimum Gasteiger partial charge on any atom is -0.452 e. The van der Waals surface area contributed by atoms with Crippen molar-refractivity contribution in [1.29, 1.82) is 0 Å². The van der Waals surface area contributed by atoms with Crippen LogP contribution in [-0.4, -0.2) is 30.6 Å². The molecule has 0 radical (unpaired) electrons. The number of hydrogen-bond acceptors (Lipinski definition) is 5. The van der Waals surface area contributed by atoms with Gasteiger partial charge >= 0.3 is 6.09 Å². The molecule has 1 heterocycles. The summed E-state index contributed by atoms with van der Waals surface area (Å²) in [6.45, 7) is 1.50. The number of carbonyl (C=O) groups is 2. The Labute approximate surface area is 206 Å². The van der Waals surface area contributed by atoms with Gasteiger partial charge in [-0.2, -0.15) is 0 Å². The molecule has 0 aromatic heterocycles. The van der Waals surface area contributed by atoms with Crippen molar-refractivity contribution >= 4 is 58.1 Å². The third kappa shape index (κ3) is 5.16. The quantitative estimate of drug-likeness (QED) is 0.233. The van der Waals surface area contributed by atoms with Crippen molar-refractivity contribution in [3.63, 3.8) is 0 Å². The highest BCUT2D eigenvalue weighted by Crippen LogP contribution is 2.44. The first-order chi connectivity index (χ1) is 15.7. The van der Waals surface area contributed by atoms with Crippen molar-refractivity contribution in [2.45, 2.75) is 32.1 Å². The van der Waals surface area contributed by atoms with Crippen molar-refractivity contribution in [3.8, 4) is 0 Å². The summed E-state index contributed by atoms with van der Waals surface area (Å²) in [6, 6.07) is 9.66. The lowest BCUT2D eigenvalue weighted by Gasteiger charge is -2.20. The largest absolute Gasteiger partial charge is 0.452 e. The molecule has 0 aliphatic carbocycles. The zero-order valence-corrected chi connectivity index (χ0v) is 20.2. The molecule has 0 unspecified atom stereocenters. The summed E-state index contributed by atoms with van der Waals surface area (Å²) >= 11 is 18.9. The molecule has 2 amide bonds. The predicted octanol–water partition coefficient (Wildman–Crippen LogP) is 6.76. The second-order valence-electron chi connectivity index (χ2n) is 7.55. The number of methoxy groups -OCH3 is 1. The fourth-order valence-corrected chi connectivity index (χ4v) is 5.00. The third-order valence-electron chi connectivity index (χ3n) is 5.42. The molecule has 33 heavy (non-hydrogen) atoms. The monoisotopic (exact) mass is 510 g/mol. The van der Waals surface area contributed by atoms with Crippen LogP contribution < -0.4 is 4.90 Å². The van der Waals surface area contributed by atoms with Crippen LogP contribution in [0.1, 0.15) is 43.2 Å². The van der Waals surface area contributed by atoms with Crippen LogP contribution in [0.2, 0.25) is 15.1 Å². The molecule has 0 bridgehead atoms. The van der Waals surface area contributed by atoms with Crippen molar-refractivity contribution in [3.05, 3.63) is 78.3 Å².